The fourth-order valence-corrected chi connectivity index (χ4v) is 2.08. The monoisotopic (exact) mass is 299 g/mol. The van der Waals surface area contributed by atoms with Crippen LogP contribution in [0.1, 0.15) is 26.7 Å². The molecule has 2 aromatic carbocycles. The number of hydrogen-bond acceptors (Lipinski definition) is 3. The zero-order chi connectivity index (χ0) is 15.6. The van der Waals surface area contributed by atoms with E-state index in [1.807, 2.05) is 54.6 Å². The van der Waals surface area contributed by atoms with Crippen LogP contribution in [0.2, 0.25) is 0 Å². The molecule has 1 N–H and O–H groups in total. The second-order valence-corrected chi connectivity index (χ2v) is 5.21. The molecule has 3 nitrogen and oxygen atoms in total. The van der Waals surface area contributed by atoms with Gasteiger partial charge in [-0.1, -0.05) is 32.0 Å². The van der Waals surface area contributed by atoms with Gasteiger partial charge in [0.1, 0.15) is 17.6 Å². The molecule has 0 aliphatic heterocycles. The third kappa shape index (κ3) is 5.32. The molecule has 1 atom stereocenters. The van der Waals surface area contributed by atoms with Gasteiger partial charge in [0.25, 0.3) is 0 Å². The first kappa shape index (κ1) is 16.2. The van der Waals surface area contributed by atoms with Crippen molar-refractivity contribution in [3.05, 3.63) is 54.6 Å². The molecule has 0 heterocycles. The van der Waals surface area contributed by atoms with Gasteiger partial charge in [-0.05, 0) is 49.2 Å². The van der Waals surface area contributed by atoms with Crippen molar-refractivity contribution in [1.29, 1.82) is 0 Å². The van der Waals surface area contributed by atoms with Crippen molar-refractivity contribution in [3.63, 3.8) is 0 Å². The highest BCUT2D eigenvalue weighted by Crippen LogP contribution is 2.17. The molecule has 2 rings (SSSR count). The topological polar surface area (TPSA) is 30.5 Å². The van der Waals surface area contributed by atoms with E-state index in [0.29, 0.717) is 0 Å². The zero-order valence-corrected chi connectivity index (χ0v) is 13.4. The molecule has 0 spiro atoms. The summed E-state index contributed by atoms with van der Waals surface area (Å²) < 4.78 is 11.6. The van der Waals surface area contributed by atoms with Gasteiger partial charge < -0.3 is 14.8 Å². The van der Waals surface area contributed by atoms with Gasteiger partial charge in [-0.3, -0.25) is 0 Å². The fraction of sp³-hybridized carbons (Fsp3) is 0.368. The van der Waals surface area contributed by atoms with Crippen molar-refractivity contribution in [2.24, 2.45) is 0 Å². The molecule has 0 bridgehead atoms. The summed E-state index contributed by atoms with van der Waals surface area (Å²) in [5, 5.41) is 3.42. The van der Waals surface area contributed by atoms with E-state index in [4.69, 9.17) is 9.47 Å². The van der Waals surface area contributed by atoms with E-state index in [1.54, 1.807) is 0 Å². The summed E-state index contributed by atoms with van der Waals surface area (Å²) in [6.07, 6.45) is 2.13. The number of para-hydroxylation sites is 1. The number of ether oxygens (including phenoxy) is 2. The highest BCUT2D eigenvalue weighted by Gasteiger charge is 2.07. The lowest BCUT2D eigenvalue weighted by Crippen LogP contribution is -2.25. The molecule has 22 heavy (non-hydrogen) atoms. The minimum Gasteiger partial charge on any atom is -0.494 e. The number of anilines is 1. The lowest BCUT2D eigenvalue weighted by Gasteiger charge is -2.19. The van der Waals surface area contributed by atoms with Crippen molar-refractivity contribution >= 4 is 5.69 Å². The summed E-state index contributed by atoms with van der Waals surface area (Å²) in [6.45, 7) is 5.78. The second-order valence-electron chi connectivity index (χ2n) is 5.21. The Morgan fingerprint density at radius 1 is 0.909 bits per heavy atom. The van der Waals surface area contributed by atoms with E-state index in [1.165, 1.54) is 0 Å². The van der Waals surface area contributed by atoms with E-state index in [2.05, 4.69) is 19.2 Å². The van der Waals surface area contributed by atoms with Crippen LogP contribution < -0.4 is 14.8 Å². The Morgan fingerprint density at radius 2 is 1.64 bits per heavy atom. The first-order chi connectivity index (χ1) is 10.8. The number of nitrogens with one attached hydrogen (secondary N) is 1. The predicted molar refractivity (Wildman–Crippen MR) is 91.9 cm³/mol. The van der Waals surface area contributed by atoms with Gasteiger partial charge in [-0.25, -0.2) is 0 Å². The Bertz CT molecular complexity index is 525. The quantitative estimate of drug-likeness (QED) is 0.725. The van der Waals surface area contributed by atoms with Gasteiger partial charge in [0.2, 0.25) is 0 Å². The first-order valence-corrected chi connectivity index (χ1v) is 8.00. The maximum atomic E-state index is 5.98. The Morgan fingerprint density at radius 3 is 2.27 bits per heavy atom. The van der Waals surface area contributed by atoms with Gasteiger partial charge in [-0.15, -0.1) is 0 Å². The van der Waals surface area contributed by atoms with E-state index >= 15 is 0 Å². The Balaban J connectivity index is 1.82. The average molecular weight is 299 g/mol. The number of rotatable bonds is 9. The molecule has 0 aliphatic rings. The molecule has 1 unspecified atom stereocenters. The summed E-state index contributed by atoms with van der Waals surface area (Å²) >= 11 is 0. The van der Waals surface area contributed by atoms with Crippen LogP contribution in [0.15, 0.2) is 54.6 Å². The van der Waals surface area contributed by atoms with Gasteiger partial charge in [-0.2, -0.15) is 0 Å². The molecule has 0 fully saturated rings. The lowest BCUT2D eigenvalue weighted by molar-refractivity contribution is 0.210. The molecule has 0 radical (unpaired) electrons. The Hall–Kier alpha value is -2.16. The molecular formula is C19H25NO2. The van der Waals surface area contributed by atoms with Crippen molar-refractivity contribution in [1.82, 2.24) is 0 Å². The number of benzene rings is 2. The van der Waals surface area contributed by atoms with Gasteiger partial charge in [0.15, 0.2) is 0 Å². The highest BCUT2D eigenvalue weighted by molar-refractivity contribution is 5.46. The van der Waals surface area contributed by atoms with Gasteiger partial charge >= 0.3 is 0 Å². The Kier molecular flexibility index (Phi) is 6.62. The van der Waals surface area contributed by atoms with E-state index in [-0.39, 0.29) is 6.10 Å². The van der Waals surface area contributed by atoms with Crippen LogP contribution in [-0.4, -0.2) is 19.3 Å². The minimum atomic E-state index is 0.151. The molecule has 2 aromatic rings. The van der Waals surface area contributed by atoms with Crippen molar-refractivity contribution in [2.75, 3.05) is 18.5 Å². The van der Waals surface area contributed by atoms with Crippen LogP contribution in [0, 0.1) is 0 Å². The van der Waals surface area contributed by atoms with Crippen molar-refractivity contribution in [2.45, 2.75) is 32.8 Å². The van der Waals surface area contributed by atoms with Crippen molar-refractivity contribution in [3.8, 4) is 11.5 Å². The molecule has 118 valence electrons. The molecular weight excluding hydrogens is 274 g/mol. The van der Waals surface area contributed by atoms with Gasteiger partial charge in [0, 0.05) is 5.69 Å². The predicted octanol–water partition coefficient (Wildman–Crippen LogP) is 4.74. The average Bonchev–Trinajstić information content (AvgIpc) is 2.58. The van der Waals surface area contributed by atoms with Crippen LogP contribution >= 0.6 is 0 Å². The summed E-state index contributed by atoms with van der Waals surface area (Å²) in [5.41, 5.74) is 1.08. The van der Waals surface area contributed by atoms with Crippen LogP contribution in [0.3, 0.4) is 0 Å². The van der Waals surface area contributed by atoms with Crippen molar-refractivity contribution < 1.29 is 9.47 Å². The maximum Gasteiger partial charge on any atom is 0.119 e. The van der Waals surface area contributed by atoms with Crippen LogP contribution in [-0.2, 0) is 0 Å². The largest absolute Gasteiger partial charge is 0.494 e. The highest BCUT2D eigenvalue weighted by atomic mass is 16.5. The SMILES string of the molecule is CCCOc1ccc(NCC(CC)Oc2ccccc2)cc1. The lowest BCUT2D eigenvalue weighted by atomic mass is 10.2. The molecule has 0 aliphatic carbocycles. The van der Waals surface area contributed by atoms with Crippen LogP contribution in [0.4, 0.5) is 5.69 Å². The summed E-state index contributed by atoms with van der Waals surface area (Å²) in [7, 11) is 0. The second kappa shape index (κ2) is 8.98. The third-order valence-corrected chi connectivity index (χ3v) is 3.36. The summed E-state index contributed by atoms with van der Waals surface area (Å²) in [5.74, 6) is 1.83. The molecule has 0 saturated heterocycles. The molecule has 0 amide bonds. The van der Waals surface area contributed by atoms with Crippen LogP contribution in [0.5, 0.6) is 11.5 Å². The van der Waals surface area contributed by atoms with E-state index in [9.17, 15) is 0 Å². The summed E-state index contributed by atoms with van der Waals surface area (Å²) in [4.78, 5) is 0. The smallest absolute Gasteiger partial charge is 0.119 e. The van der Waals surface area contributed by atoms with Crippen LogP contribution in [0.25, 0.3) is 0 Å². The van der Waals surface area contributed by atoms with E-state index in [0.717, 1.165) is 43.2 Å². The summed E-state index contributed by atoms with van der Waals surface area (Å²) in [6, 6.07) is 18.0. The van der Waals surface area contributed by atoms with Gasteiger partial charge in [0.05, 0.1) is 13.2 Å². The fourth-order valence-electron chi connectivity index (χ4n) is 2.08. The number of hydrogen-bond donors (Lipinski definition) is 1. The molecule has 0 aromatic heterocycles. The maximum absolute atomic E-state index is 5.98. The minimum absolute atomic E-state index is 0.151. The normalized spacial score (nSPS) is 11.7. The first-order valence-electron chi connectivity index (χ1n) is 8.00. The third-order valence-electron chi connectivity index (χ3n) is 3.36. The zero-order valence-electron chi connectivity index (χ0n) is 13.4. The molecule has 3 heteroatoms. The van der Waals surface area contributed by atoms with E-state index < -0.39 is 0 Å². The Labute approximate surface area is 133 Å². The standard InChI is InChI=1S/C19H25NO2/c1-3-14-21-18-12-10-16(11-13-18)20-15-17(4-2)22-19-8-6-5-7-9-19/h5-13,17,20H,3-4,14-15H2,1-2H3. The molecule has 0 saturated carbocycles.